The summed E-state index contributed by atoms with van der Waals surface area (Å²) < 4.78 is 10.4. The topological polar surface area (TPSA) is 106 Å². The smallest absolute Gasteiger partial charge is 0.414 e. The summed E-state index contributed by atoms with van der Waals surface area (Å²) in [4.78, 5) is 26.4. The van der Waals surface area contributed by atoms with Crippen LogP contribution in [0.5, 0.6) is 5.75 Å². The Morgan fingerprint density at radius 3 is 2.78 bits per heavy atom. The van der Waals surface area contributed by atoms with Crippen molar-refractivity contribution in [3.05, 3.63) is 30.6 Å². The fourth-order valence-electron chi connectivity index (χ4n) is 2.23. The van der Waals surface area contributed by atoms with Crippen molar-refractivity contribution < 1.29 is 19.1 Å². The third-order valence-corrected chi connectivity index (χ3v) is 3.41. The minimum absolute atomic E-state index is 0.366. The Morgan fingerprint density at radius 2 is 2.13 bits per heavy atom. The number of cyclic esters (lactones) is 1. The van der Waals surface area contributed by atoms with E-state index in [4.69, 9.17) is 9.47 Å². The molecule has 3 rings (SSSR count). The number of rotatable bonds is 7. The van der Waals surface area contributed by atoms with Crippen molar-refractivity contribution in [3.8, 4) is 17.1 Å². The monoisotopic (exact) mass is 316 g/mol. The molecule has 3 heterocycles. The standard InChI is InChI=1S/C15H16N4O4/c20-14-13(23-15(21)18-14)3-1-2-8-22-10-4-5-11(16-9-10)12-6-7-17-19-12/h4-7,9,13H,1-3,8H2,(H,17,19)(H,18,20,21)/t13-/m1/s1. The second-order valence-corrected chi connectivity index (χ2v) is 5.08. The van der Waals surface area contributed by atoms with E-state index in [1.165, 1.54) is 0 Å². The summed E-state index contributed by atoms with van der Waals surface area (Å²) in [5, 5.41) is 8.83. The molecule has 1 atom stereocenters. The summed E-state index contributed by atoms with van der Waals surface area (Å²) in [5.74, 6) is 0.313. The van der Waals surface area contributed by atoms with Gasteiger partial charge in [0.2, 0.25) is 0 Å². The number of alkyl carbamates (subject to hydrolysis) is 1. The highest BCUT2D eigenvalue weighted by molar-refractivity contribution is 5.99. The van der Waals surface area contributed by atoms with Crippen LogP contribution in [-0.2, 0) is 9.53 Å². The normalized spacial score (nSPS) is 17.0. The molecule has 0 bridgehead atoms. The molecule has 0 saturated carbocycles. The Morgan fingerprint density at radius 1 is 1.22 bits per heavy atom. The van der Waals surface area contributed by atoms with E-state index < -0.39 is 12.2 Å². The van der Waals surface area contributed by atoms with Crippen molar-refractivity contribution in [2.24, 2.45) is 0 Å². The average Bonchev–Trinajstić information content (AvgIpc) is 3.18. The van der Waals surface area contributed by atoms with Crippen LogP contribution in [0.4, 0.5) is 4.79 Å². The van der Waals surface area contributed by atoms with Crippen LogP contribution in [0.25, 0.3) is 11.4 Å². The number of carbonyl (C=O) groups excluding carboxylic acids is 2. The van der Waals surface area contributed by atoms with E-state index in [0.29, 0.717) is 18.8 Å². The summed E-state index contributed by atoms with van der Waals surface area (Å²) in [5.41, 5.74) is 1.64. The van der Waals surface area contributed by atoms with Gasteiger partial charge in [-0.05, 0) is 37.5 Å². The van der Waals surface area contributed by atoms with Gasteiger partial charge in [0.25, 0.3) is 5.91 Å². The number of aromatic nitrogens is 3. The van der Waals surface area contributed by atoms with Gasteiger partial charge in [-0.25, -0.2) is 4.79 Å². The summed E-state index contributed by atoms with van der Waals surface area (Å²) in [6.07, 6.45) is 3.97. The first-order valence-electron chi connectivity index (χ1n) is 7.32. The number of unbranched alkanes of at least 4 members (excludes halogenated alkanes) is 1. The highest BCUT2D eigenvalue weighted by Crippen LogP contribution is 2.17. The van der Waals surface area contributed by atoms with Crippen molar-refractivity contribution in [2.75, 3.05) is 6.61 Å². The zero-order valence-electron chi connectivity index (χ0n) is 12.3. The number of pyridine rings is 1. The van der Waals surface area contributed by atoms with Crippen molar-refractivity contribution in [1.29, 1.82) is 0 Å². The number of carbonyl (C=O) groups is 2. The molecule has 8 heteroatoms. The lowest BCUT2D eigenvalue weighted by molar-refractivity contribution is -0.123. The number of amides is 2. The molecule has 1 fully saturated rings. The molecule has 2 aromatic heterocycles. The Kier molecular flexibility index (Phi) is 4.51. The summed E-state index contributed by atoms with van der Waals surface area (Å²) >= 11 is 0. The Bertz CT molecular complexity index is 669. The maximum absolute atomic E-state index is 11.3. The Balaban J connectivity index is 1.37. The molecule has 120 valence electrons. The number of imide groups is 1. The minimum Gasteiger partial charge on any atom is -0.492 e. The molecule has 0 radical (unpaired) electrons. The SMILES string of the molecule is O=C1NC(=O)[C@@H](CCCCOc2ccc(-c3ccn[nH]3)nc2)O1. The number of nitrogens with zero attached hydrogens (tertiary/aromatic N) is 2. The van der Waals surface area contributed by atoms with Gasteiger partial charge >= 0.3 is 6.09 Å². The number of ether oxygens (including phenoxy) is 2. The fourth-order valence-corrected chi connectivity index (χ4v) is 2.23. The molecule has 2 N–H and O–H groups in total. The van der Waals surface area contributed by atoms with Crippen LogP contribution < -0.4 is 10.1 Å². The van der Waals surface area contributed by atoms with E-state index in [2.05, 4.69) is 20.5 Å². The van der Waals surface area contributed by atoms with E-state index in [1.807, 2.05) is 18.2 Å². The molecule has 0 aromatic carbocycles. The van der Waals surface area contributed by atoms with Gasteiger partial charge in [0.1, 0.15) is 5.75 Å². The van der Waals surface area contributed by atoms with Crippen LogP contribution in [0.2, 0.25) is 0 Å². The zero-order valence-corrected chi connectivity index (χ0v) is 12.3. The molecule has 0 unspecified atom stereocenters. The van der Waals surface area contributed by atoms with Gasteiger partial charge in [-0.1, -0.05) is 0 Å². The van der Waals surface area contributed by atoms with E-state index in [0.717, 1.165) is 24.2 Å². The van der Waals surface area contributed by atoms with Crippen molar-refractivity contribution in [3.63, 3.8) is 0 Å². The molecule has 2 amide bonds. The highest BCUT2D eigenvalue weighted by Gasteiger charge is 2.31. The highest BCUT2D eigenvalue weighted by atomic mass is 16.6. The van der Waals surface area contributed by atoms with Gasteiger partial charge in [0, 0.05) is 6.20 Å². The van der Waals surface area contributed by atoms with Gasteiger partial charge in [-0.2, -0.15) is 5.10 Å². The van der Waals surface area contributed by atoms with Crippen LogP contribution in [0.15, 0.2) is 30.6 Å². The number of hydrogen-bond acceptors (Lipinski definition) is 6. The van der Waals surface area contributed by atoms with Crippen LogP contribution in [0, 0.1) is 0 Å². The van der Waals surface area contributed by atoms with E-state index in [1.54, 1.807) is 12.4 Å². The van der Waals surface area contributed by atoms with Crippen LogP contribution in [0.3, 0.4) is 0 Å². The molecule has 0 aliphatic carbocycles. The van der Waals surface area contributed by atoms with Gasteiger partial charge in [-0.3, -0.25) is 20.2 Å². The van der Waals surface area contributed by atoms with Crippen LogP contribution in [0.1, 0.15) is 19.3 Å². The van der Waals surface area contributed by atoms with E-state index >= 15 is 0 Å². The van der Waals surface area contributed by atoms with Crippen LogP contribution >= 0.6 is 0 Å². The second-order valence-electron chi connectivity index (χ2n) is 5.08. The Hall–Kier alpha value is -2.90. The molecule has 2 aromatic rings. The molecule has 8 nitrogen and oxygen atoms in total. The van der Waals surface area contributed by atoms with Gasteiger partial charge < -0.3 is 9.47 Å². The predicted octanol–water partition coefficient (Wildman–Crippen LogP) is 1.66. The second kappa shape index (κ2) is 6.91. The lowest BCUT2D eigenvalue weighted by Crippen LogP contribution is -2.24. The first-order valence-corrected chi connectivity index (χ1v) is 7.32. The molecular weight excluding hydrogens is 300 g/mol. The summed E-state index contributed by atoms with van der Waals surface area (Å²) in [6.45, 7) is 0.507. The number of hydrogen-bond donors (Lipinski definition) is 2. The number of nitrogens with one attached hydrogen (secondary N) is 2. The molecule has 1 saturated heterocycles. The van der Waals surface area contributed by atoms with Crippen molar-refractivity contribution >= 4 is 12.0 Å². The summed E-state index contributed by atoms with van der Waals surface area (Å²) in [7, 11) is 0. The largest absolute Gasteiger partial charge is 0.492 e. The lowest BCUT2D eigenvalue weighted by atomic mass is 10.1. The molecule has 1 aliphatic heterocycles. The minimum atomic E-state index is -0.669. The predicted molar refractivity (Wildman–Crippen MR) is 79.6 cm³/mol. The third-order valence-electron chi connectivity index (χ3n) is 3.41. The molecule has 1 aliphatic rings. The van der Waals surface area contributed by atoms with Crippen molar-refractivity contribution in [1.82, 2.24) is 20.5 Å². The quantitative estimate of drug-likeness (QED) is 0.752. The van der Waals surface area contributed by atoms with Gasteiger partial charge in [0.15, 0.2) is 6.10 Å². The average molecular weight is 316 g/mol. The van der Waals surface area contributed by atoms with Gasteiger partial charge in [-0.15, -0.1) is 0 Å². The molecule has 0 spiro atoms. The third kappa shape index (κ3) is 3.85. The Labute approximate surface area is 132 Å². The van der Waals surface area contributed by atoms with Crippen molar-refractivity contribution in [2.45, 2.75) is 25.4 Å². The first-order chi connectivity index (χ1) is 11.2. The van der Waals surface area contributed by atoms with E-state index in [9.17, 15) is 9.59 Å². The maximum atomic E-state index is 11.3. The number of aromatic amines is 1. The zero-order chi connectivity index (χ0) is 16.1. The van der Waals surface area contributed by atoms with Gasteiger partial charge in [0.05, 0.1) is 24.2 Å². The fraction of sp³-hybridized carbons (Fsp3) is 0.333. The van der Waals surface area contributed by atoms with E-state index in [-0.39, 0.29) is 5.91 Å². The molecular formula is C15H16N4O4. The first kappa shape index (κ1) is 15.0. The van der Waals surface area contributed by atoms with Crippen LogP contribution in [-0.4, -0.2) is 39.9 Å². The lowest BCUT2D eigenvalue weighted by Gasteiger charge is -2.08. The summed E-state index contributed by atoms with van der Waals surface area (Å²) in [6, 6.07) is 5.54. The maximum Gasteiger partial charge on any atom is 0.414 e. The molecule has 23 heavy (non-hydrogen) atoms. The number of H-pyrrole nitrogens is 1.